The first kappa shape index (κ1) is 17.1. The van der Waals surface area contributed by atoms with Crippen LogP contribution in [0.25, 0.3) is 0 Å². The minimum absolute atomic E-state index is 0.420. The summed E-state index contributed by atoms with van der Waals surface area (Å²) in [4.78, 5) is 24.0. The van der Waals surface area contributed by atoms with Gasteiger partial charge in [-0.25, -0.2) is 13.6 Å². The number of nitrogens with one attached hydrogen (secondary N) is 1. The summed E-state index contributed by atoms with van der Waals surface area (Å²) < 4.78 is 31.9. The van der Waals surface area contributed by atoms with Gasteiger partial charge in [-0.15, -0.1) is 0 Å². The summed E-state index contributed by atoms with van der Waals surface area (Å²) in [5.41, 5.74) is -2.58. The SMILES string of the molecule is CC(C)(C)OC(=O)NC(C)(C)C(=O)c1cccc(F)c1F. The highest BCUT2D eigenvalue weighted by Crippen LogP contribution is 2.19. The summed E-state index contributed by atoms with van der Waals surface area (Å²) in [7, 11) is 0. The summed E-state index contributed by atoms with van der Waals surface area (Å²) >= 11 is 0. The predicted octanol–water partition coefficient (Wildman–Crippen LogP) is 3.45. The van der Waals surface area contributed by atoms with E-state index in [1.54, 1.807) is 20.8 Å². The number of rotatable bonds is 3. The fraction of sp³-hybridized carbons (Fsp3) is 0.467. The van der Waals surface area contributed by atoms with E-state index in [-0.39, 0.29) is 0 Å². The molecule has 1 N–H and O–H groups in total. The highest BCUT2D eigenvalue weighted by atomic mass is 19.2. The number of halogens is 2. The Labute approximate surface area is 122 Å². The van der Waals surface area contributed by atoms with Crippen molar-refractivity contribution in [1.82, 2.24) is 5.32 Å². The van der Waals surface area contributed by atoms with Gasteiger partial charge >= 0.3 is 6.09 Å². The molecule has 0 aromatic heterocycles. The molecule has 0 heterocycles. The third kappa shape index (κ3) is 4.51. The molecule has 0 atom stereocenters. The molecule has 1 rings (SSSR count). The van der Waals surface area contributed by atoms with Crippen molar-refractivity contribution in [3.8, 4) is 0 Å². The number of ether oxygens (including phenoxy) is 1. The average molecular weight is 299 g/mol. The Hall–Kier alpha value is -1.98. The van der Waals surface area contributed by atoms with Crippen LogP contribution in [0, 0.1) is 11.6 Å². The molecule has 0 saturated carbocycles. The van der Waals surface area contributed by atoms with Crippen LogP contribution >= 0.6 is 0 Å². The zero-order valence-corrected chi connectivity index (χ0v) is 12.7. The topological polar surface area (TPSA) is 55.4 Å². The first-order valence-corrected chi connectivity index (χ1v) is 6.44. The van der Waals surface area contributed by atoms with Crippen molar-refractivity contribution in [3.63, 3.8) is 0 Å². The third-order valence-corrected chi connectivity index (χ3v) is 2.58. The van der Waals surface area contributed by atoms with E-state index < -0.39 is 40.2 Å². The fourth-order valence-electron chi connectivity index (χ4n) is 1.63. The van der Waals surface area contributed by atoms with Crippen molar-refractivity contribution in [1.29, 1.82) is 0 Å². The highest BCUT2D eigenvalue weighted by molar-refractivity contribution is 6.04. The van der Waals surface area contributed by atoms with Crippen molar-refractivity contribution in [2.24, 2.45) is 0 Å². The Morgan fingerprint density at radius 2 is 1.67 bits per heavy atom. The third-order valence-electron chi connectivity index (χ3n) is 2.58. The molecule has 0 spiro atoms. The summed E-state index contributed by atoms with van der Waals surface area (Å²) in [6.45, 7) is 7.81. The van der Waals surface area contributed by atoms with Gasteiger partial charge in [-0.2, -0.15) is 0 Å². The summed E-state index contributed by atoms with van der Waals surface area (Å²) in [5.74, 6) is -3.10. The molecule has 21 heavy (non-hydrogen) atoms. The Balaban J connectivity index is 2.94. The number of carbonyl (C=O) groups excluding carboxylic acids is 2. The lowest BCUT2D eigenvalue weighted by atomic mass is 9.93. The Kier molecular flexibility index (Phi) is 4.71. The smallest absolute Gasteiger partial charge is 0.408 e. The molecule has 1 aromatic carbocycles. The van der Waals surface area contributed by atoms with Crippen molar-refractivity contribution >= 4 is 11.9 Å². The van der Waals surface area contributed by atoms with Crippen LogP contribution in [-0.4, -0.2) is 23.0 Å². The number of alkyl carbamates (subject to hydrolysis) is 1. The van der Waals surface area contributed by atoms with Gasteiger partial charge in [-0.1, -0.05) is 6.07 Å². The second-order valence-electron chi connectivity index (χ2n) is 6.18. The fourth-order valence-corrected chi connectivity index (χ4v) is 1.63. The second-order valence-corrected chi connectivity index (χ2v) is 6.18. The van der Waals surface area contributed by atoms with E-state index in [0.717, 1.165) is 6.07 Å². The molecule has 1 amide bonds. The molecule has 0 saturated heterocycles. The number of amides is 1. The number of hydrogen-bond donors (Lipinski definition) is 1. The van der Waals surface area contributed by atoms with Crippen LogP contribution in [-0.2, 0) is 4.74 Å². The normalized spacial score (nSPS) is 12.0. The molecule has 0 bridgehead atoms. The molecule has 0 aliphatic rings. The van der Waals surface area contributed by atoms with Gasteiger partial charge in [0, 0.05) is 0 Å². The molecule has 6 heteroatoms. The Morgan fingerprint density at radius 3 is 2.19 bits per heavy atom. The quantitative estimate of drug-likeness (QED) is 0.870. The summed E-state index contributed by atoms with van der Waals surface area (Å²) in [6.07, 6.45) is -0.808. The van der Waals surface area contributed by atoms with E-state index in [1.165, 1.54) is 26.0 Å². The molecule has 4 nitrogen and oxygen atoms in total. The zero-order valence-electron chi connectivity index (χ0n) is 12.7. The van der Waals surface area contributed by atoms with E-state index in [0.29, 0.717) is 0 Å². The van der Waals surface area contributed by atoms with Gasteiger partial charge in [0.1, 0.15) is 11.1 Å². The molecule has 0 fully saturated rings. The standard InChI is InChI=1S/C15H19F2NO3/c1-14(2,3)21-13(20)18-15(4,5)12(19)9-7-6-8-10(16)11(9)17/h6-8H,1-5H3,(H,18,20). The number of ketones is 1. The van der Waals surface area contributed by atoms with Crippen LogP contribution in [0.2, 0.25) is 0 Å². The van der Waals surface area contributed by atoms with Gasteiger partial charge in [-0.3, -0.25) is 4.79 Å². The van der Waals surface area contributed by atoms with Gasteiger partial charge in [0.25, 0.3) is 0 Å². The Bertz CT molecular complexity index is 563. The molecule has 116 valence electrons. The minimum Gasteiger partial charge on any atom is -0.444 e. The minimum atomic E-state index is -1.43. The molecule has 0 unspecified atom stereocenters. The van der Waals surface area contributed by atoms with Gasteiger partial charge in [0.15, 0.2) is 17.4 Å². The Morgan fingerprint density at radius 1 is 1.10 bits per heavy atom. The van der Waals surface area contributed by atoms with Gasteiger partial charge in [0.2, 0.25) is 0 Å². The van der Waals surface area contributed by atoms with Crippen molar-refractivity contribution < 1.29 is 23.1 Å². The molecular formula is C15H19F2NO3. The lowest BCUT2D eigenvalue weighted by Gasteiger charge is -2.27. The first-order valence-electron chi connectivity index (χ1n) is 6.44. The zero-order chi connectivity index (χ0) is 16.4. The second kappa shape index (κ2) is 5.79. The molecule has 0 aliphatic heterocycles. The molecule has 0 aliphatic carbocycles. The predicted molar refractivity (Wildman–Crippen MR) is 74.1 cm³/mol. The maximum atomic E-state index is 13.7. The maximum absolute atomic E-state index is 13.7. The first-order chi connectivity index (χ1) is 9.44. The molecule has 1 aromatic rings. The number of carbonyl (C=O) groups is 2. The number of hydrogen-bond acceptors (Lipinski definition) is 3. The number of Topliss-reactive ketones (excluding diaryl/α,β-unsaturated/α-hetero) is 1. The van der Waals surface area contributed by atoms with E-state index in [4.69, 9.17) is 4.74 Å². The molecule has 0 radical (unpaired) electrons. The monoisotopic (exact) mass is 299 g/mol. The van der Waals surface area contributed by atoms with Crippen molar-refractivity contribution in [3.05, 3.63) is 35.4 Å². The van der Waals surface area contributed by atoms with E-state index in [9.17, 15) is 18.4 Å². The lowest BCUT2D eigenvalue weighted by Crippen LogP contribution is -2.51. The van der Waals surface area contributed by atoms with E-state index >= 15 is 0 Å². The average Bonchev–Trinajstić information content (AvgIpc) is 2.28. The summed E-state index contributed by atoms with van der Waals surface area (Å²) in [6, 6.07) is 3.31. The van der Waals surface area contributed by atoms with Gasteiger partial charge < -0.3 is 10.1 Å². The van der Waals surface area contributed by atoms with Crippen LogP contribution in [0.1, 0.15) is 45.0 Å². The van der Waals surface area contributed by atoms with Crippen LogP contribution < -0.4 is 5.32 Å². The van der Waals surface area contributed by atoms with Crippen LogP contribution in [0.4, 0.5) is 13.6 Å². The van der Waals surface area contributed by atoms with Crippen LogP contribution in [0.15, 0.2) is 18.2 Å². The number of benzene rings is 1. The van der Waals surface area contributed by atoms with E-state index in [2.05, 4.69) is 5.32 Å². The van der Waals surface area contributed by atoms with Gasteiger partial charge in [0.05, 0.1) is 5.56 Å². The molecular weight excluding hydrogens is 280 g/mol. The lowest BCUT2D eigenvalue weighted by molar-refractivity contribution is 0.0453. The van der Waals surface area contributed by atoms with Crippen molar-refractivity contribution in [2.75, 3.05) is 0 Å². The van der Waals surface area contributed by atoms with Crippen LogP contribution in [0.3, 0.4) is 0 Å². The highest BCUT2D eigenvalue weighted by Gasteiger charge is 2.34. The summed E-state index contributed by atoms with van der Waals surface area (Å²) in [5, 5.41) is 2.36. The van der Waals surface area contributed by atoms with Crippen LogP contribution in [0.5, 0.6) is 0 Å². The maximum Gasteiger partial charge on any atom is 0.408 e. The van der Waals surface area contributed by atoms with Crippen molar-refractivity contribution in [2.45, 2.75) is 45.8 Å². The van der Waals surface area contributed by atoms with Gasteiger partial charge in [-0.05, 0) is 46.8 Å². The largest absolute Gasteiger partial charge is 0.444 e. The van der Waals surface area contributed by atoms with E-state index in [1.807, 2.05) is 0 Å².